The normalized spacial score (nSPS) is 18.7. The van der Waals surface area contributed by atoms with Crippen molar-refractivity contribution in [2.24, 2.45) is 11.8 Å². The molecule has 6 heteroatoms. The van der Waals surface area contributed by atoms with Crippen molar-refractivity contribution < 1.29 is 19.4 Å². The molecule has 1 N–H and O–H groups in total. The Labute approximate surface area is 197 Å². The lowest BCUT2D eigenvalue weighted by atomic mass is 9.95. The quantitative estimate of drug-likeness (QED) is 0.673. The lowest BCUT2D eigenvalue weighted by Gasteiger charge is -2.35. The number of nitrogens with zero attached hydrogens (tertiary/aromatic N) is 2. The minimum atomic E-state index is -0.00443. The summed E-state index contributed by atoms with van der Waals surface area (Å²) in [6.07, 6.45) is 2.73. The van der Waals surface area contributed by atoms with Crippen LogP contribution in [0.1, 0.15) is 44.2 Å². The molecule has 1 amide bonds. The summed E-state index contributed by atoms with van der Waals surface area (Å²) >= 11 is 0. The zero-order valence-electron chi connectivity index (χ0n) is 19.8. The Bertz CT molecular complexity index is 931. The summed E-state index contributed by atoms with van der Waals surface area (Å²) in [5, 5.41) is 10.5. The monoisotopic (exact) mass is 452 g/mol. The van der Waals surface area contributed by atoms with Gasteiger partial charge in [0.1, 0.15) is 0 Å². The topological polar surface area (TPSA) is 62.2 Å². The van der Waals surface area contributed by atoms with Crippen LogP contribution in [0, 0.1) is 11.8 Å². The number of carbonyl (C=O) groups is 1. The summed E-state index contributed by atoms with van der Waals surface area (Å²) in [4.78, 5) is 18.0. The molecule has 2 aliphatic rings. The number of phenolic OH excluding ortho intramolecular Hbond substituents is 1. The van der Waals surface area contributed by atoms with E-state index in [0.717, 1.165) is 44.5 Å². The number of aromatic hydroxyl groups is 1. The fourth-order valence-electron chi connectivity index (χ4n) is 4.80. The minimum Gasteiger partial charge on any atom is -0.504 e. The molecule has 2 heterocycles. The van der Waals surface area contributed by atoms with Crippen LogP contribution in [-0.4, -0.2) is 53.7 Å². The summed E-state index contributed by atoms with van der Waals surface area (Å²) in [6.45, 7) is 9.18. The minimum absolute atomic E-state index is 0.00443. The third kappa shape index (κ3) is 6.20. The van der Waals surface area contributed by atoms with Gasteiger partial charge in [0.2, 0.25) is 11.7 Å². The molecule has 0 aromatic heterocycles. The van der Waals surface area contributed by atoms with Gasteiger partial charge in [-0.1, -0.05) is 44.2 Å². The Morgan fingerprint density at radius 2 is 1.91 bits per heavy atom. The van der Waals surface area contributed by atoms with Gasteiger partial charge in [0.25, 0.3) is 0 Å². The van der Waals surface area contributed by atoms with Crippen LogP contribution in [0.15, 0.2) is 42.5 Å². The second-order valence-corrected chi connectivity index (χ2v) is 9.67. The first-order chi connectivity index (χ1) is 16.0. The van der Waals surface area contributed by atoms with Crippen molar-refractivity contribution in [1.29, 1.82) is 0 Å². The number of benzene rings is 2. The number of rotatable bonds is 7. The highest BCUT2D eigenvalue weighted by molar-refractivity contribution is 5.79. The Balaban J connectivity index is 1.47. The van der Waals surface area contributed by atoms with E-state index in [0.29, 0.717) is 43.7 Å². The van der Waals surface area contributed by atoms with Gasteiger partial charge in [-0.2, -0.15) is 0 Å². The molecule has 0 radical (unpaired) electrons. The Kier molecular flexibility index (Phi) is 7.76. The maximum Gasteiger partial charge on any atom is 0.227 e. The second kappa shape index (κ2) is 10.9. The highest BCUT2D eigenvalue weighted by Crippen LogP contribution is 2.39. The lowest BCUT2D eigenvalue weighted by Crippen LogP contribution is -2.45. The van der Waals surface area contributed by atoms with E-state index in [2.05, 4.69) is 43.0 Å². The van der Waals surface area contributed by atoms with E-state index in [-0.39, 0.29) is 17.6 Å². The van der Waals surface area contributed by atoms with E-state index in [4.69, 9.17) is 9.47 Å². The number of amides is 1. The van der Waals surface area contributed by atoms with Crippen LogP contribution >= 0.6 is 0 Å². The fraction of sp³-hybridized carbons (Fsp3) is 0.519. The molecule has 33 heavy (non-hydrogen) atoms. The molecule has 2 aromatic carbocycles. The molecule has 178 valence electrons. The zero-order chi connectivity index (χ0) is 23.2. The van der Waals surface area contributed by atoms with Crippen molar-refractivity contribution in [3.63, 3.8) is 0 Å². The van der Waals surface area contributed by atoms with Crippen molar-refractivity contribution in [1.82, 2.24) is 9.80 Å². The van der Waals surface area contributed by atoms with Gasteiger partial charge in [0.05, 0.1) is 19.1 Å². The summed E-state index contributed by atoms with van der Waals surface area (Å²) in [7, 11) is 0. The predicted octanol–water partition coefficient (Wildman–Crippen LogP) is 4.45. The summed E-state index contributed by atoms with van der Waals surface area (Å²) < 4.78 is 11.4. The molecular weight excluding hydrogens is 416 g/mol. The third-order valence-electron chi connectivity index (χ3n) is 6.26. The van der Waals surface area contributed by atoms with Crippen molar-refractivity contribution in [3.8, 4) is 17.2 Å². The van der Waals surface area contributed by atoms with Gasteiger partial charge >= 0.3 is 0 Å². The number of hydrogen-bond acceptors (Lipinski definition) is 5. The summed E-state index contributed by atoms with van der Waals surface area (Å²) in [6, 6.07) is 14.1. The standard InChI is InChI=1S/C27H36N2O4/c1-20(2)16-29(18-22-14-24(30)26-25(15-22)32-12-7-13-33-26)27(31)23-10-6-11-28(19-23)17-21-8-4-3-5-9-21/h3-5,8-9,14-15,20,23,30H,6-7,10-13,16-19H2,1-2H3. The summed E-state index contributed by atoms with van der Waals surface area (Å²) in [5.41, 5.74) is 2.15. The molecule has 0 saturated carbocycles. The lowest BCUT2D eigenvalue weighted by molar-refractivity contribution is -0.138. The van der Waals surface area contributed by atoms with Gasteiger partial charge in [0.15, 0.2) is 11.5 Å². The van der Waals surface area contributed by atoms with Crippen molar-refractivity contribution in [3.05, 3.63) is 53.6 Å². The van der Waals surface area contributed by atoms with Gasteiger partial charge in [-0.25, -0.2) is 0 Å². The molecule has 1 saturated heterocycles. The van der Waals surface area contributed by atoms with Crippen LogP contribution in [0.4, 0.5) is 0 Å². The predicted molar refractivity (Wildman–Crippen MR) is 128 cm³/mol. The van der Waals surface area contributed by atoms with Gasteiger partial charge in [-0.3, -0.25) is 9.69 Å². The SMILES string of the molecule is CC(C)CN(Cc1cc(O)c2c(c1)OCCCO2)C(=O)C1CCCN(Cc2ccccc2)C1. The Morgan fingerprint density at radius 1 is 1.12 bits per heavy atom. The number of ether oxygens (including phenoxy) is 2. The first kappa shape index (κ1) is 23.4. The molecule has 2 aliphatic heterocycles. The number of likely N-dealkylation sites (tertiary alicyclic amines) is 1. The maximum atomic E-state index is 13.6. The Morgan fingerprint density at radius 3 is 2.70 bits per heavy atom. The number of piperidine rings is 1. The fourth-order valence-corrected chi connectivity index (χ4v) is 4.80. The molecule has 0 aliphatic carbocycles. The van der Waals surface area contributed by atoms with E-state index in [9.17, 15) is 9.90 Å². The number of hydrogen-bond donors (Lipinski definition) is 1. The van der Waals surface area contributed by atoms with Gasteiger partial charge in [-0.15, -0.1) is 0 Å². The first-order valence-electron chi connectivity index (χ1n) is 12.2. The summed E-state index contributed by atoms with van der Waals surface area (Å²) in [5.74, 6) is 1.59. The number of phenols is 1. The molecule has 0 spiro atoms. The third-order valence-corrected chi connectivity index (χ3v) is 6.26. The van der Waals surface area contributed by atoms with E-state index in [1.54, 1.807) is 6.07 Å². The van der Waals surface area contributed by atoms with Crippen LogP contribution in [0.25, 0.3) is 0 Å². The molecule has 6 nitrogen and oxygen atoms in total. The first-order valence-corrected chi connectivity index (χ1v) is 12.2. The van der Waals surface area contributed by atoms with E-state index in [1.807, 2.05) is 17.0 Å². The smallest absolute Gasteiger partial charge is 0.227 e. The molecule has 4 rings (SSSR count). The van der Waals surface area contributed by atoms with E-state index < -0.39 is 0 Å². The second-order valence-electron chi connectivity index (χ2n) is 9.67. The van der Waals surface area contributed by atoms with Crippen LogP contribution in [0.2, 0.25) is 0 Å². The van der Waals surface area contributed by atoms with Crippen molar-refractivity contribution in [2.45, 2.75) is 46.2 Å². The van der Waals surface area contributed by atoms with Gasteiger partial charge < -0.3 is 19.5 Å². The van der Waals surface area contributed by atoms with Gasteiger partial charge in [-0.05, 0) is 48.6 Å². The van der Waals surface area contributed by atoms with Crippen molar-refractivity contribution >= 4 is 5.91 Å². The molecule has 1 fully saturated rings. The number of carbonyl (C=O) groups excluding carboxylic acids is 1. The Hall–Kier alpha value is -2.73. The average molecular weight is 453 g/mol. The zero-order valence-corrected chi connectivity index (χ0v) is 19.8. The highest BCUT2D eigenvalue weighted by Gasteiger charge is 2.30. The van der Waals surface area contributed by atoms with Gasteiger partial charge in [0, 0.05) is 32.6 Å². The largest absolute Gasteiger partial charge is 0.504 e. The molecule has 2 aromatic rings. The van der Waals surface area contributed by atoms with Crippen LogP contribution < -0.4 is 9.47 Å². The maximum absolute atomic E-state index is 13.6. The van der Waals surface area contributed by atoms with Crippen LogP contribution in [0.5, 0.6) is 17.2 Å². The average Bonchev–Trinajstić information content (AvgIpc) is 3.05. The molecule has 1 atom stereocenters. The number of fused-ring (bicyclic) bond motifs is 1. The van der Waals surface area contributed by atoms with Crippen LogP contribution in [0.3, 0.4) is 0 Å². The highest BCUT2D eigenvalue weighted by atomic mass is 16.5. The van der Waals surface area contributed by atoms with E-state index >= 15 is 0 Å². The van der Waals surface area contributed by atoms with Crippen molar-refractivity contribution in [2.75, 3.05) is 32.8 Å². The molecule has 1 unspecified atom stereocenters. The van der Waals surface area contributed by atoms with E-state index in [1.165, 1.54) is 5.56 Å². The van der Waals surface area contributed by atoms with Crippen LogP contribution in [-0.2, 0) is 17.9 Å². The molecular formula is C27H36N2O4. The molecule has 0 bridgehead atoms.